The van der Waals surface area contributed by atoms with E-state index >= 15 is 0 Å². The van der Waals surface area contributed by atoms with Crippen molar-refractivity contribution in [1.82, 2.24) is 10.3 Å². The first kappa shape index (κ1) is 13.0. The van der Waals surface area contributed by atoms with Gasteiger partial charge in [0.25, 0.3) is 5.91 Å². The molecule has 0 bridgehead atoms. The van der Waals surface area contributed by atoms with Crippen LogP contribution in [0.1, 0.15) is 16.1 Å². The van der Waals surface area contributed by atoms with Crippen molar-refractivity contribution in [2.24, 2.45) is 5.84 Å². The standard InChI is InChI=1S/C13H13FN4O/c14-10-5-2-1-4-9(10)8-16-13(19)11-6-3-7-12(17-11)18-15/h1-7H,8,15H2,(H,16,19)(H,17,18). The van der Waals surface area contributed by atoms with E-state index in [4.69, 9.17) is 5.84 Å². The first-order chi connectivity index (χ1) is 9.20. The second-order valence-corrected chi connectivity index (χ2v) is 3.83. The zero-order valence-electron chi connectivity index (χ0n) is 10.1. The number of pyridine rings is 1. The molecule has 0 saturated carbocycles. The highest BCUT2D eigenvalue weighted by Crippen LogP contribution is 2.07. The molecule has 1 amide bonds. The smallest absolute Gasteiger partial charge is 0.270 e. The Bertz CT molecular complexity index is 588. The quantitative estimate of drug-likeness (QED) is 0.574. The van der Waals surface area contributed by atoms with Crippen molar-refractivity contribution in [3.05, 3.63) is 59.5 Å². The van der Waals surface area contributed by atoms with Gasteiger partial charge in [-0.25, -0.2) is 15.2 Å². The van der Waals surface area contributed by atoms with E-state index in [1.54, 1.807) is 36.4 Å². The zero-order valence-corrected chi connectivity index (χ0v) is 10.1. The maximum Gasteiger partial charge on any atom is 0.270 e. The number of hydrogen-bond acceptors (Lipinski definition) is 4. The summed E-state index contributed by atoms with van der Waals surface area (Å²) in [6.45, 7) is 0.105. The van der Waals surface area contributed by atoms with Crippen LogP contribution in [0.5, 0.6) is 0 Å². The van der Waals surface area contributed by atoms with E-state index in [1.165, 1.54) is 6.07 Å². The summed E-state index contributed by atoms with van der Waals surface area (Å²) in [6.07, 6.45) is 0. The van der Waals surface area contributed by atoms with Gasteiger partial charge in [-0.1, -0.05) is 24.3 Å². The highest BCUT2D eigenvalue weighted by atomic mass is 19.1. The Morgan fingerprint density at radius 2 is 2.00 bits per heavy atom. The summed E-state index contributed by atoms with van der Waals surface area (Å²) in [5.41, 5.74) is 2.99. The van der Waals surface area contributed by atoms with E-state index in [-0.39, 0.29) is 24.0 Å². The highest BCUT2D eigenvalue weighted by molar-refractivity contribution is 5.92. The van der Waals surface area contributed by atoms with Gasteiger partial charge in [-0.2, -0.15) is 0 Å². The van der Waals surface area contributed by atoms with Gasteiger partial charge in [-0.15, -0.1) is 0 Å². The van der Waals surface area contributed by atoms with Crippen molar-refractivity contribution in [2.75, 3.05) is 5.43 Å². The molecule has 0 aliphatic carbocycles. The molecule has 0 radical (unpaired) electrons. The van der Waals surface area contributed by atoms with E-state index in [1.807, 2.05) is 0 Å². The van der Waals surface area contributed by atoms with Crippen LogP contribution < -0.4 is 16.6 Å². The number of rotatable bonds is 4. The van der Waals surface area contributed by atoms with E-state index in [0.717, 1.165) is 0 Å². The zero-order chi connectivity index (χ0) is 13.7. The van der Waals surface area contributed by atoms with E-state index < -0.39 is 0 Å². The number of benzene rings is 1. The van der Waals surface area contributed by atoms with Gasteiger partial charge in [0.2, 0.25) is 0 Å². The molecule has 2 rings (SSSR count). The molecule has 19 heavy (non-hydrogen) atoms. The molecule has 1 heterocycles. The topological polar surface area (TPSA) is 80.0 Å². The summed E-state index contributed by atoms with van der Waals surface area (Å²) in [6, 6.07) is 11.1. The molecular weight excluding hydrogens is 247 g/mol. The molecule has 0 saturated heterocycles. The van der Waals surface area contributed by atoms with Crippen LogP contribution >= 0.6 is 0 Å². The summed E-state index contributed by atoms with van der Waals surface area (Å²) in [4.78, 5) is 15.8. The van der Waals surface area contributed by atoms with Gasteiger partial charge in [0, 0.05) is 12.1 Å². The minimum atomic E-state index is -0.389. The van der Waals surface area contributed by atoms with Crippen molar-refractivity contribution >= 4 is 11.7 Å². The van der Waals surface area contributed by atoms with E-state index in [0.29, 0.717) is 11.4 Å². The Morgan fingerprint density at radius 3 is 2.74 bits per heavy atom. The number of carbonyl (C=O) groups excluding carboxylic acids is 1. The van der Waals surface area contributed by atoms with Crippen molar-refractivity contribution in [3.8, 4) is 0 Å². The molecule has 6 heteroatoms. The van der Waals surface area contributed by atoms with E-state index in [9.17, 15) is 9.18 Å². The maximum absolute atomic E-state index is 13.4. The average Bonchev–Trinajstić information content (AvgIpc) is 2.46. The van der Waals surface area contributed by atoms with Crippen molar-refractivity contribution < 1.29 is 9.18 Å². The lowest BCUT2D eigenvalue weighted by Gasteiger charge is -2.06. The molecule has 0 unspecified atom stereocenters. The van der Waals surface area contributed by atoms with Gasteiger partial charge in [-0.05, 0) is 18.2 Å². The molecule has 0 fully saturated rings. The maximum atomic E-state index is 13.4. The summed E-state index contributed by atoms with van der Waals surface area (Å²) < 4.78 is 13.4. The lowest BCUT2D eigenvalue weighted by Crippen LogP contribution is -2.24. The summed E-state index contributed by atoms with van der Waals surface area (Å²) in [7, 11) is 0. The summed E-state index contributed by atoms with van der Waals surface area (Å²) in [5, 5.41) is 2.60. The third-order valence-corrected chi connectivity index (χ3v) is 2.53. The van der Waals surface area contributed by atoms with Crippen LogP contribution in [-0.4, -0.2) is 10.9 Å². The Kier molecular flexibility index (Phi) is 4.04. The van der Waals surface area contributed by atoms with Crippen LogP contribution in [0.4, 0.5) is 10.2 Å². The average molecular weight is 260 g/mol. The van der Waals surface area contributed by atoms with Gasteiger partial charge < -0.3 is 10.7 Å². The summed E-state index contributed by atoms with van der Waals surface area (Å²) in [5.74, 6) is 4.86. The normalized spacial score (nSPS) is 10.0. The van der Waals surface area contributed by atoms with Crippen LogP contribution in [0.15, 0.2) is 42.5 Å². The van der Waals surface area contributed by atoms with Gasteiger partial charge in [0.15, 0.2) is 0 Å². The van der Waals surface area contributed by atoms with Crippen LogP contribution in [0.2, 0.25) is 0 Å². The number of nitrogens with one attached hydrogen (secondary N) is 2. The number of nitrogens with two attached hydrogens (primary N) is 1. The number of anilines is 1. The first-order valence-corrected chi connectivity index (χ1v) is 5.66. The van der Waals surface area contributed by atoms with Crippen LogP contribution in [-0.2, 0) is 6.54 Å². The summed E-state index contributed by atoms with van der Waals surface area (Å²) >= 11 is 0. The largest absolute Gasteiger partial charge is 0.347 e. The Labute approximate surface area is 109 Å². The molecule has 4 N–H and O–H groups in total. The molecule has 1 aromatic heterocycles. The molecule has 0 aliphatic rings. The number of carbonyl (C=O) groups is 1. The van der Waals surface area contributed by atoms with Gasteiger partial charge >= 0.3 is 0 Å². The number of aromatic nitrogens is 1. The molecule has 5 nitrogen and oxygen atoms in total. The number of hydrazine groups is 1. The molecule has 0 spiro atoms. The number of amides is 1. The second-order valence-electron chi connectivity index (χ2n) is 3.83. The van der Waals surface area contributed by atoms with Crippen LogP contribution in [0.25, 0.3) is 0 Å². The van der Waals surface area contributed by atoms with Gasteiger partial charge in [0.05, 0.1) is 0 Å². The molecule has 1 aromatic carbocycles. The Morgan fingerprint density at radius 1 is 1.21 bits per heavy atom. The minimum Gasteiger partial charge on any atom is -0.347 e. The fourth-order valence-corrected chi connectivity index (χ4v) is 1.55. The number of nitrogen functional groups attached to an aromatic ring is 1. The van der Waals surface area contributed by atoms with Crippen LogP contribution in [0.3, 0.4) is 0 Å². The Balaban J connectivity index is 2.03. The fourth-order valence-electron chi connectivity index (χ4n) is 1.55. The Hall–Kier alpha value is -2.47. The lowest BCUT2D eigenvalue weighted by molar-refractivity contribution is 0.0946. The molecular formula is C13H13FN4O. The van der Waals surface area contributed by atoms with Crippen molar-refractivity contribution in [2.45, 2.75) is 6.54 Å². The molecule has 2 aromatic rings. The third-order valence-electron chi connectivity index (χ3n) is 2.53. The molecule has 98 valence electrons. The minimum absolute atomic E-state index is 0.105. The first-order valence-electron chi connectivity index (χ1n) is 5.66. The van der Waals surface area contributed by atoms with Crippen LogP contribution in [0, 0.1) is 5.82 Å². The van der Waals surface area contributed by atoms with E-state index in [2.05, 4.69) is 15.7 Å². The number of halogens is 1. The monoisotopic (exact) mass is 260 g/mol. The van der Waals surface area contributed by atoms with Crippen molar-refractivity contribution in [1.29, 1.82) is 0 Å². The molecule has 0 aliphatic heterocycles. The van der Waals surface area contributed by atoms with Gasteiger partial charge in [0.1, 0.15) is 17.3 Å². The SMILES string of the molecule is NNc1cccc(C(=O)NCc2ccccc2F)n1. The highest BCUT2D eigenvalue weighted by Gasteiger charge is 2.08. The predicted molar refractivity (Wildman–Crippen MR) is 69.6 cm³/mol. The van der Waals surface area contributed by atoms with Gasteiger partial charge in [-0.3, -0.25) is 4.79 Å². The number of hydrogen-bond donors (Lipinski definition) is 3. The lowest BCUT2D eigenvalue weighted by atomic mass is 10.2. The fraction of sp³-hybridized carbons (Fsp3) is 0.0769. The van der Waals surface area contributed by atoms with Crippen molar-refractivity contribution in [3.63, 3.8) is 0 Å². The third kappa shape index (κ3) is 3.26. The number of nitrogens with zero attached hydrogens (tertiary/aromatic N) is 1. The predicted octanol–water partition coefficient (Wildman–Crippen LogP) is 1.44. The second kappa shape index (κ2) is 5.92. The molecule has 0 atom stereocenters.